The monoisotopic (exact) mass is 418 g/mol. The standard InChI is InChI=1S/C14H19F9N2O2/c15-11(16,10(26)24-3-4-25-5-7-27-8-6-25)9-13(19,20)12(17,18)1-2-14(21,22)23/h1-9H2,(H,24,26). The number of nitrogens with one attached hydrogen (secondary N) is 1. The van der Waals surface area contributed by atoms with Crippen molar-refractivity contribution < 1.29 is 49.0 Å². The van der Waals surface area contributed by atoms with E-state index in [9.17, 15) is 44.3 Å². The lowest BCUT2D eigenvalue weighted by Gasteiger charge is -2.30. The largest absolute Gasteiger partial charge is 0.389 e. The van der Waals surface area contributed by atoms with Crippen molar-refractivity contribution >= 4 is 5.91 Å². The smallest absolute Gasteiger partial charge is 0.379 e. The summed E-state index contributed by atoms with van der Waals surface area (Å²) in [6.45, 7) is 1.49. The number of nitrogens with zero attached hydrogens (tertiary/aromatic N) is 1. The van der Waals surface area contributed by atoms with Crippen LogP contribution in [0.1, 0.15) is 19.3 Å². The highest BCUT2D eigenvalue weighted by Gasteiger charge is 2.62. The van der Waals surface area contributed by atoms with Crippen LogP contribution in [0, 0.1) is 0 Å². The Bertz CT molecular complexity index is 491. The molecule has 0 atom stereocenters. The van der Waals surface area contributed by atoms with Gasteiger partial charge in [-0.3, -0.25) is 9.69 Å². The maximum absolute atomic E-state index is 13.6. The molecular formula is C14H19F9N2O2. The predicted molar refractivity (Wildman–Crippen MR) is 75.0 cm³/mol. The molecule has 0 spiro atoms. The van der Waals surface area contributed by atoms with Crippen molar-refractivity contribution in [1.82, 2.24) is 10.2 Å². The Hall–Kier alpha value is -1.24. The summed E-state index contributed by atoms with van der Waals surface area (Å²) in [5, 5.41) is 1.67. The summed E-state index contributed by atoms with van der Waals surface area (Å²) in [5.41, 5.74) is 0. The van der Waals surface area contributed by atoms with Crippen molar-refractivity contribution in [1.29, 1.82) is 0 Å². The molecule has 1 fully saturated rings. The zero-order chi connectivity index (χ0) is 20.9. The molecule has 0 radical (unpaired) electrons. The number of alkyl halides is 9. The topological polar surface area (TPSA) is 41.6 Å². The molecule has 27 heavy (non-hydrogen) atoms. The second-order valence-electron chi connectivity index (χ2n) is 6.12. The van der Waals surface area contributed by atoms with E-state index in [1.54, 1.807) is 10.2 Å². The lowest BCUT2D eigenvalue weighted by molar-refractivity contribution is -0.249. The van der Waals surface area contributed by atoms with Gasteiger partial charge >= 0.3 is 23.9 Å². The van der Waals surface area contributed by atoms with Gasteiger partial charge in [-0.1, -0.05) is 0 Å². The van der Waals surface area contributed by atoms with Crippen LogP contribution in [-0.4, -0.2) is 74.1 Å². The number of hydrogen-bond acceptors (Lipinski definition) is 3. The third-order valence-corrected chi connectivity index (χ3v) is 3.85. The molecule has 0 bridgehead atoms. The van der Waals surface area contributed by atoms with E-state index in [2.05, 4.69) is 0 Å². The molecule has 0 aromatic rings. The lowest BCUT2D eigenvalue weighted by Crippen LogP contribution is -2.51. The van der Waals surface area contributed by atoms with Crippen LogP contribution in [-0.2, 0) is 9.53 Å². The first-order valence-corrected chi connectivity index (χ1v) is 7.95. The summed E-state index contributed by atoms with van der Waals surface area (Å²) in [6.07, 6.45) is -12.7. The molecule has 1 aliphatic rings. The first-order chi connectivity index (χ1) is 12.2. The zero-order valence-electron chi connectivity index (χ0n) is 14.0. The fourth-order valence-corrected chi connectivity index (χ4v) is 2.25. The summed E-state index contributed by atoms with van der Waals surface area (Å²) in [7, 11) is 0. The van der Waals surface area contributed by atoms with Gasteiger partial charge < -0.3 is 10.1 Å². The Morgan fingerprint density at radius 3 is 1.96 bits per heavy atom. The van der Waals surface area contributed by atoms with Crippen molar-refractivity contribution in [3.05, 3.63) is 0 Å². The maximum Gasteiger partial charge on any atom is 0.389 e. The van der Waals surface area contributed by atoms with E-state index in [0.717, 1.165) is 0 Å². The molecule has 0 aromatic heterocycles. The number of amides is 1. The average Bonchev–Trinajstić information content (AvgIpc) is 2.52. The Kier molecular flexibility index (Phi) is 7.79. The molecule has 1 saturated heterocycles. The summed E-state index contributed by atoms with van der Waals surface area (Å²) in [4.78, 5) is 13.1. The molecule has 4 nitrogen and oxygen atoms in total. The van der Waals surface area contributed by atoms with Gasteiger partial charge in [0.15, 0.2) is 0 Å². The Labute approximate surface area is 149 Å². The van der Waals surface area contributed by atoms with Crippen LogP contribution in [0.2, 0.25) is 0 Å². The first-order valence-electron chi connectivity index (χ1n) is 7.95. The fraction of sp³-hybridized carbons (Fsp3) is 0.929. The van der Waals surface area contributed by atoms with Crippen LogP contribution < -0.4 is 5.32 Å². The number of morpholine rings is 1. The minimum Gasteiger partial charge on any atom is -0.379 e. The van der Waals surface area contributed by atoms with Crippen molar-refractivity contribution in [3.63, 3.8) is 0 Å². The highest BCUT2D eigenvalue weighted by molar-refractivity contribution is 5.83. The van der Waals surface area contributed by atoms with Gasteiger partial charge in [0.25, 0.3) is 5.91 Å². The maximum atomic E-state index is 13.6. The van der Waals surface area contributed by atoms with E-state index >= 15 is 0 Å². The Morgan fingerprint density at radius 1 is 0.889 bits per heavy atom. The van der Waals surface area contributed by atoms with Gasteiger partial charge in [0.1, 0.15) is 0 Å². The third kappa shape index (κ3) is 7.72. The number of carbonyl (C=O) groups is 1. The quantitative estimate of drug-likeness (QED) is 0.586. The molecule has 0 aliphatic carbocycles. The molecule has 160 valence electrons. The summed E-state index contributed by atoms with van der Waals surface area (Å²) < 4.78 is 121. The first kappa shape index (κ1) is 23.8. The Morgan fingerprint density at radius 2 is 1.44 bits per heavy atom. The van der Waals surface area contributed by atoms with E-state index < -0.39 is 49.1 Å². The fourth-order valence-electron chi connectivity index (χ4n) is 2.25. The second kappa shape index (κ2) is 8.84. The molecule has 0 unspecified atom stereocenters. The van der Waals surface area contributed by atoms with E-state index in [1.807, 2.05) is 0 Å². The summed E-state index contributed by atoms with van der Waals surface area (Å²) >= 11 is 0. The normalized spacial score (nSPS) is 17.8. The van der Waals surface area contributed by atoms with Gasteiger partial charge in [-0.2, -0.15) is 39.5 Å². The minimum absolute atomic E-state index is 0.114. The van der Waals surface area contributed by atoms with Gasteiger partial charge in [0.2, 0.25) is 0 Å². The predicted octanol–water partition coefficient (Wildman–Crippen LogP) is 3.07. The van der Waals surface area contributed by atoms with Crippen LogP contribution in [0.4, 0.5) is 39.5 Å². The van der Waals surface area contributed by atoms with Crippen molar-refractivity contribution in [2.24, 2.45) is 0 Å². The van der Waals surface area contributed by atoms with E-state index in [1.165, 1.54) is 0 Å². The minimum atomic E-state index is -5.50. The molecule has 0 aromatic carbocycles. The van der Waals surface area contributed by atoms with E-state index in [4.69, 9.17) is 4.74 Å². The van der Waals surface area contributed by atoms with Crippen molar-refractivity contribution in [3.8, 4) is 0 Å². The zero-order valence-corrected chi connectivity index (χ0v) is 14.0. The molecule has 13 heteroatoms. The highest BCUT2D eigenvalue weighted by Crippen LogP contribution is 2.45. The van der Waals surface area contributed by atoms with Gasteiger partial charge in [-0.25, -0.2) is 0 Å². The molecule has 1 rings (SSSR count). The number of carbonyl (C=O) groups excluding carboxylic acids is 1. The third-order valence-electron chi connectivity index (χ3n) is 3.85. The number of halogens is 9. The molecule has 0 saturated carbocycles. The highest BCUT2D eigenvalue weighted by atomic mass is 19.4. The SMILES string of the molecule is O=C(NCCN1CCOCC1)C(F)(F)CC(F)(F)C(F)(F)CCC(F)(F)F. The number of rotatable bonds is 9. The second-order valence-corrected chi connectivity index (χ2v) is 6.12. The molecule has 1 aliphatic heterocycles. The van der Waals surface area contributed by atoms with Crippen LogP contribution in [0.5, 0.6) is 0 Å². The van der Waals surface area contributed by atoms with Gasteiger partial charge in [0, 0.05) is 39.0 Å². The van der Waals surface area contributed by atoms with Gasteiger partial charge in [0.05, 0.1) is 19.6 Å². The van der Waals surface area contributed by atoms with Crippen molar-refractivity contribution in [2.45, 2.75) is 43.2 Å². The molecular weight excluding hydrogens is 399 g/mol. The summed E-state index contributed by atoms with van der Waals surface area (Å²) in [5.74, 6) is -17.9. The van der Waals surface area contributed by atoms with Gasteiger partial charge in [-0.15, -0.1) is 0 Å². The van der Waals surface area contributed by atoms with Crippen LogP contribution in [0.15, 0.2) is 0 Å². The number of hydrogen-bond donors (Lipinski definition) is 1. The molecule has 1 heterocycles. The molecule has 1 amide bonds. The van der Waals surface area contributed by atoms with Gasteiger partial charge in [-0.05, 0) is 0 Å². The van der Waals surface area contributed by atoms with Crippen LogP contribution in [0.3, 0.4) is 0 Å². The van der Waals surface area contributed by atoms with Crippen LogP contribution in [0.25, 0.3) is 0 Å². The van der Waals surface area contributed by atoms with Crippen molar-refractivity contribution in [2.75, 3.05) is 39.4 Å². The summed E-state index contributed by atoms with van der Waals surface area (Å²) in [6, 6.07) is 0. The molecule has 1 N–H and O–H groups in total. The van der Waals surface area contributed by atoms with E-state index in [0.29, 0.717) is 26.3 Å². The number of ether oxygens (including phenoxy) is 1. The Balaban J connectivity index is 2.57. The lowest BCUT2D eigenvalue weighted by atomic mass is 9.99. The van der Waals surface area contributed by atoms with E-state index in [-0.39, 0.29) is 13.1 Å². The van der Waals surface area contributed by atoms with Crippen LogP contribution >= 0.6 is 0 Å². The average molecular weight is 418 g/mol.